The van der Waals surface area contributed by atoms with Crippen LogP contribution in [0.2, 0.25) is 0 Å². The summed E-state index contributed by atoms with van der Waals surface area (Å²) in [4.78, 5) is 0. The summed E-state index contributed by atoms with van der Waals surface area (Å²) in [6.45, 7) is 13.3. The number of benzene rings is 2. The van der Waals surface area contributed by atoms with E-state index in [1.165, 1.54) is 33.4 Å². The van der Waals surface area contributed by atoms with Crippen molar-refractivity contribution in [1.29, 1.82) is 0 Å². The van der Waals surface area contributed by atoms with Crippen molar-refractivity contribution in [3.8, 4) is 0 Å². The average molecular weight is 310 g/mol. The van der Waals surface area contributed by atoms with Crippen molar-refractivity contribution >= 4 is 11.4 Å². The molecule has 0 fully saturated rings. The van der Waals surface area contributed by atoms with Gasteiger partial charge in [0.2, 0.25) is 0 Å². The van der Waals surface area contributed by atoms with E-state index in [2.05, 4.69) is 65.8 Å². The molecule has 4 N–H and O–H groups in total. The Hall–Kier alpha value is -1.96. The first-order valence-corrected chi connectivity index (χ1v) is 8.48. The van der Waals surface area contributed by atoms with Crippen LogP contribution >= 0.6 is 0 Å². The largest absolute Gasteiger partial charge is 0.399 e. The number of rotatable bonds is 4. The average Bonchev–Trinajstić information content (AvgIpc) is 2.42. The Labute approximate surface area is 140 Å². The quantitative estimate of drug-likeness (QED) is 0.752. The van der Waals surface area contributed by atoms with E-state index in [9.17, 15) is 0 Å². The van der Waals surface area contributed by atoms with Crippen LogP contribution in [0.4, 0.5) is 11.4 Å². The Balaban J connectivity index is 2.60. The van der Waals surface area contributed by atoms with Gasteiger partial charge in [0, 0.05) is 11.4 Å². The summed E-state index contributed by atoms with van der Waals surface area (Å²) in [5.74, 6) is 0.924. The molecule has 0 amide bonds. The minimum absolute atomic E-state index is 0.462. The molecule has 0 atom stereocenters. The van der Waals surface area contributed by atoms with E-state index in [0.717, 1.165) is 17.8 Å². The maximum Gasteiger partial charge on any atom is 0.0319 e. The smallest absolute Gasteiger partial charge is 0.0319 e. The van der Waals surface area contributed by atoms with Gasteiger partial charge in [-0.15, -0.1) is 0 Å². The predicted molar refractivity (Wildman–Crippen MR) is 102 cm³/mol. The van der Waals surface area contributed by atoms with Gasteiger partial charge in [0.15, 0.2) is 0 Å². The molecule has 124 valence electrons. The zero-order chi connectivity index (χ0) is 17.3. The highest BCUT2D eigenvalue weighted by molar-refractivity contribution is 5.55. The number of hydrogen-bond acceptors (Lipinski definition) is 2. The molecular weight excluding hydrogens is 280 g/mol. The molecule has 0 saturated heterocycles. The van der Waals surface area contributed by atoms with Crippen LogP contribution in [0.1, 0.15) is 72.9 Å². The molecule has 0 saturated carbocycles. The minimum Gasteiger partial charge on any atom is -0.399 e. The van der Waals surface area contributed by atoms with E-state index in [0.29, 0.717) is 11.8 Å². The third kappa shape index (κ3) is 3.69. The van der Waals surface area contributed by atoms with Crippen molar-refractivity contribution in [3.05, 3.63) is 57.6 Å². The summed E-state index contributed by atoms with van der Waals surface area (Å²) in [7, 11) is 0. The van der Waals surface area contributed by atoms with Crippen LogP contribution in [0, 0.1) is 13.8 Å². The van der Waals surface area contributed by atoms with Crippen LogP contribution in [-0.2, 0) is 6.42 Å². The Kier molecular flexibility index (Phi) is 5.03. The van der Waals surface area contributed by atoms with E-state index < -0.39 is 0 Å². The van der Waals surface area contributed by atoms with E-state index in [-0.39, 0.29) is 0 Å². The third-order valence-corrected chi connectivity index (χ3v) is 4.66. The van der Waals surface area contributed by atoms with Gasteiger partial charge in [-0.05, 0) is 89.8 Å². The van der Waals surface area contributed by atoms with Crippen molar-refractivity contribution in [2.75, 3.05) is 11.5 Å². The van der Waals surface area contributed by atoms with Gasteiger partial charge < -0.3 is 11.5 Å². The normalized spacial score (nSPS) is 11.5. The second kappa shape index (κ2) is 6.66. The maximum atomic E-state index is 6.07. The first-order valence-electron chi connectivity index (χ1n) is 8.48. The van der Waals surface area contributed by atoms with E-state index in [4.69, 9.17) is 11.5 Å². The van der Waals surface area contributed by atoms with Gasteiger partial charge in [0.1, 0.15) is 0 Å². The van der Waals surface area contributed by atoms with Crippen molar-refractivity contribution in [2.45, 2.75) is 59.8 Å². The molecule has 2 rings (SSSR count). The zero-order valence-corrected chi connectivity index (χ0v) is 15.3. The number of hydrogen-bond donors (Lipinski definition) is 2. The molecule has 23 heavy (non-hydrogen) atoms. The molecule has 0 aliphatic carbocycles. The molecule has 2 heteroatoms. The molecule has 2 aromatic rings. The molecule has 0 spiro atoms. The second-order valence-electron chi connectivity index (χ2n) is 7.30. The topological polar surface area (TPSA) is 52.0 Å². The van der Waals surface area contributed by atoms with Gasteiger partial charge in [-0.1, -0.05) is 27.7 Å². The Morgan fingerprint density at radius 1 is 0.696 bits per heavy atom. The summed E-state index contributed by atoms with van der Waals surface area (Å²) in [6.07, 6.45) is 0.944. The first kappa shape index (κ1) is 17.4. The van der Waals surface area contributed by atoms with E-state index >= 15 is 0 Å². The van der Waals surface area contributed by atoms with Gasteiger partial charge in [0.25, 0.3) is 0 Å². The van der Waals surface area contributed by atoms with Crippen LogP contribution in [0.3, 0.4) is 0 Å². The summed E-state index contributed by atoms with van der Waals surface area (Å²) >= 11 is 0. The third-order valence-electron chi connectivity index (χ3n) is 4.66. The summed E-state index contributed by atoms with van der Waals surface area (Å²) < 4.78 is 0. The SMILES string of the molecule is Cc1cc(N)cc(C(C)C)c1Cc1c(C)cc(N)cc1C(C)C. The summed E-state index contributed by atoms with van der Waals surface area (Å²) in [5, 5.41) is 0. The number of aryl methyl sites for hydroxylation is 2. The Bertz CT molecular complexity index is 651. The van der Waals surface area contributed by atoms with Gasteiger partial charge in [-0.25, -0.2) is 0 Å². The zero-order valence-electron chi connectivity index (χ0n) is 15.3. The molecule has 2 aromatic carbocycles. The molecule has 0 unspecified atom stereocenters. The monoisotopic (exact) mass is 310 g/mol. The highest BCUT2D eigenvalue weighted by atomic mass is 14.5. The highest BCUT2D eigenvalue weighted by Gasteiger charge is 2.16. The lowest BCUT2D eigenvalue weighted by atomic mass is 9.84. The fourth-order valence-electron chi connectivity index (χ4n) is 3.44. The second-order valence-corrected chi connectivity index (χ2v) is 7.30. The van der Waals surface area contributed by atoms with Crippen molar-refractivity contribution in [2.24, 2.45) is 0 Å². The fraction of sp³-hybridized carbons (Fsp3) is 0.429. The Morgan fingerprint density at radius 2 is 1.04 bits per heavy atom. The number of nitrogen functional groups attached to an aromatic ring is 2. The van der Waals surface area contributed by atoms with Crippen LogP contribution in [0.15, 0.2) is 24.3 Å². The van der Waals surface area contributed by atoms with E-state index in [1.807, 2.05) is 0 Å². The molecule has 0 bridgehead atoms. The molecular formula is C21H30N2. The highest BCUT2D eigenvalue weighted by Crippen LogP contribution is 2.32. The molecule has 0 heterocycles. The standard InChI is InChI=1S/C21H30N2/c1-12(2)18-9-16(22)7-14(5)20(18)11-21-15(6)8-17(23)10-19(21)13(3)4/h7-10,12-13H,11,22-23H2,1-6H3. The van der Waals surface area contributed by atoms with Crippen molar-refractivity contribution < 1.29 is 0 Å². The first-order chi connectivity index (χ1) is 10.7. The van der Waals surface area contributed by atoms with Crippen molar-refractivity contribution in [3.63, 3.8) is 0 Å². The van der Waals surface area contributed by atoms with Crippen LogP contribution in [0.5, 0.6) is 0 Å². The predicted octanol–water partition coefficient (Wildman–Crippen LogP) is 5.31. The minimum atomic E-state index is 0.462. The summed E-state index contributed by atoms with van der Waals surface area (Å²) in [6, 6.07) is 8.44. The molecule has 0 radical (unpaired) electrons. The molecule has 2 nitrogen and oxygen atoms in total. The van der Waals surface area contributed by atoms with Gasteiger partial charge in [0.05, 0.1) is 0 Å². The van der Waals surface area contributed by atoms with Gasteiger partial charge in [-0.3, -0.25) is 0 Å². The lowest BCUT2D eigenvalue weighted by Gasteiger charge is -2.21. The lowest BCUT2D eigenvalue weighted by Crippen LogP contribution is -2.07. The lowest BCUT2D eigenvalue weighted by molar-refractivity contribution is 0.825. The number of anilines is 2. The van der Waals surface area contributed by atoms with Gasteiger partial charge >= 0.3 is 0 Å². The molecule has 0 aliphatic rings. The van der Waals surface area contributed by atoms with Crippen molar-refractivity contribution in [1.82, 2.24) is 0 Å². The Morgan fingerprint density at radius 3 is 1.35 bits per heavy atom. The van der Waals surface area contributed by atoms with Crippen LogP contribution in [-0.4, -0.2) is 0 Å². The van der Waals surface area contributed by atoms with E-state index in [1.54, 1.807) is 0 Å². The summed E-state index contributed by atoms with van der Waals surface area (Å²) in [5.41, 5.74) is 21.9. The molecule has 0 aromatic heterocycles. The number of nitrogens with two attached hydrogens (primary N) is 2. The fourth-order valence-corrected chi connectivity index (χ4v) is 3.44. The maximum absolute atomic E-state index is 6.07. The van der Waals surface area contributed by atoms with Gasteiger partial charge in [-0.2, -0.15) is 0 Å². The van der Waals surface area contributed by atoms with Crippen LogP contribution < -0.4 is 11.5 Å². The molecule has 0 aliphatic heterocycles. The van der Waals surface area contributed by atoms with Crippen LogP contribution in [0.25, 0.3) is 0 Å².